The first-order valence-corrected chi connectivity index (χ1v) is 9.22. The molecule has 1 aliphatic heterocycles. The Labute approximate surface area is 164 Å². The van der Waals surface area contributed by atoms with Gasteiger partial charge in [-0.2, -0.15) is 0 Å². The molecule has 26 heavy (non-hydrogen) atoms. The molecule has 0 aromatic heterocycles. The number of carbonyl (C=O) groups is 1. The monoisotopic (exact) mass is 404 g/mol. The van der Waals surface area contributed by atoms with Crippen LogP contribution < -0.4 is 10.5 Å². The fourth-order valence-electron chi connectivity index (χ4n) is 3.00. The molecule has 1 saturated heterocycles. The molecule has 1 aliphatic rings. The molecule has 2 N–H and O–H groups in total. The van der Waals surface area contributed by atoms with Gasteiger partial charge in [0.25, 0.3) is 0 Å². The minimum absolute atomic E-state index is 0.0600. The standard InChI is InChI=1S/C18H26Cl2N2O4/c1-18(2,3)26-17(23)22-9-11(8-21)7-13(22)15-14(25-10-24-4)6-5-12(19)16(15)20/h5-6,11,13H,7-10,21H2,1-4H3/t11-,13+/m0/s1. The van der Waals surface area contributed by atoms with Crippen molar-refractivity contribution in [3.8, 4) is 5.75 Å². The predicted octanol–water partition coefficient (Wildman–Crippen LogP) is 4.23. The Hall–Kier alpha value is -1.21. The largest absolute Gasteiger partial charge is 0.467 e. The zero-order valence-electron chi connectivity index (χ0n) is 15.6. The van der Waals surface area contributed by atoms with Crippen LogP contribution >= 0.6 is 23.2 Å². The van der Waals surface area contributed by atoms with Crippen molar-refractivity contribution in [1.82, 2.24) is 4.90 Å². The first-order chi connectivity index (χ1) is 12.2. The van der Waals surface area contributed by atoms with Gasteiger partial charge in [-0.25, -0.2) is 4.79 Å². The van der Waals surface area contributed by atoms with E-state index in [1.54, 1.807) is 17.0 Å². The molecule has 0 radical (unpaired) electrons. The number of nitrogens with two attached hydrogens (primary N) is 1. The number of benzene rings is 1. The summed E-state index contributed by atoms with van der Waals surface area (Å²) in [6.07, 6.45) is 0.242. The topological polar surface area (TPSA) is 74.0 Å². The lowest BCUT2D eigenvalue weighted by atomic mass is 9.99. The number of carbonyl (C=O) groups excluding carboxylic acids is 1. The van der Waals surface area contributed by atoms with Crippen molar-refractivity contribution >= 4 is 29.3 Å². The Morgan fingerprint density at radius 3 is 2.62 bits per heavy atom. The molecular formula is C18H26Cl2N2O4. The number of amides is 1. The van der Waals surface area contributed by atoms with Gasteiger partial charge in [0.1, 0.15) is 11.4 Å². The molecule has 1 heterocycles. The van der Waals surface area contributed by atoms with Crippen LogP contribution in [0.2, 0.25) is 10.0 Å². The minimum Gasteiger partial charge on any atom is -0.467 e. The third-order valence-electron chi connectivity index (χ3n) is 4.11. The first kappa shape index (κ1) is 21.1. The Morgan fingerprint density at radius 1 is 1.35 bits per heavy atom. The van der Waals surface area contributed by atoms with Crippen molar-refractivity contribution in [2.75, 3.05) is 27.0 Å². The molecule has 0 aliphatic carbocycles. The number of ether oxygens (including phenoxy) is 3. The maximum Gasteiger partial charge on any atom is 0.410 e. The van der Waals surface area contributed by atoms with Crippen LogP contribution in [0.3, 0.4) is 0 Å². The summed E-state index contributed by atoms with van der Waals surface area (Å²) in [7, 11) is 1.53. The fourth-order valence-corrected chi connectivity index (χ4v) is 3.44. The van der Waals surface area contributed by atoms with Crippen LogP contribution in [0.5, 0.6) is 5.75 Å². The molecule has 1 amide bonds. The van der Waals surface area contributed by atoms with Gasteiger partial charge in [0.2, 0.25) is 0 Å². The van der Waals surface area contributed by atoms with Gasteiger partial charge in [-0.15, -0.1) is 0 Å². The van der Waals surface area contributed by atoms with E-state index in [2.05, 4.69) is 0 Å². The Morgan fingerprint density at radius 2 is 2.04 bits per heavy atom. The van der Waals surface area contributed by atoms with E-state index in [1.807, 2.05) is 20.8 Å². The summed E-state index contributed by atoms with van der Waals surface area (Å²) in [6, 6.07) is 3.05. The number of likely N-dealkylation sites (tertiary alicyclic amines) is 1. The molecule has 1 fully saturated rings. The van der Waals surface area contributed by atoms with Gasteiger partial charge in [-0.1, -0.05) is 23.2 Å². The maximum atomic E-state index is 12.7. The lowest BCUT2D eigenvalue weighted by Crippen LogP contribution is -2.37. The average Bonchev–Trinajstić information content (AvgIpc) is 2.98. The molecule has 0 unspecified atom stereocenters. The number of halogens is 2. The summed E-state index contributed by atoms with van der Waals surface area (Å²) in [4.78, 5) is 14.4. The second-order valence-corrected chi connectivity index (χ2v) is 8.10. The van der Waals surface area contributed by atoms with Crippen molar-refractivity contribution in [2.24, 2.45) is 11.7 Å². The van der Waals surface area contributed by atoms with Crippen molar-refractivity contribution in [3.63, 3.8) is 0 Å². The van der Waals surface area contributed by atoms with E-state index in [0.29, 0.717) is 40.9 Å². The third-order valence-corrected chi connectivity index (χ3v) is 4.93. The second-order valence-electron chi connectivity index (χ2n) is 7.31. The zero-order valence-corrected chi connectivity index (χ0v) is 17.1. The average molecular weight is 405 g/mol. The normalized spacial score (nSPS) is 20.3. The van der Waals surface area contributed by atoms with Crippen molar-refractivity contribution in [1.29, 1.82) is 0 Å². The molecule has 0 spiro atoms. The summed E-state index contributed by atoms with van der Waals surface area (Å²) < 4.78 is 16.2. The summed E-state index contributed by atoms with van der Waals surface area (Å²) in [5.41, 5.74) is 5.91. The predicted molar refractivity (Wildman–Crippen MR) is 102 cm³/mol. The lowest BCUT2D eigenvalue weighted by Gasteiger charge is -2.30. The van der Waals surface area contributed by atoms with Crippen LogP contribution in [0.15, 0.2) is 12.1 Å². The molecule has 0 saturated carbocycles. The highest BCUT2D eigenvalue weighted by molar-refractivity contribution is 6.42. The summed E-state index contributed by atoms with van der Waals surface area (Å²) in [6.45, 7) is 6.50. The van der Waals surface area contributed by atoms with Crippen molar-refractivity contribution in [3.05, 3.63) is 27.7 Å². The van der Waals surface area contributed by atoms with Gasteiger partial charge < -0.3 is 24.8 Å². The van der Waals surface area contributed by atoms with E-state index in [9.17, 15) is 4.79 Å². The van der Waals surface area contributed by atoms with E-state index in [4.69, 9.17) is 43.1 Å². The molecular weight excluding hydrogens is 379 g/mol. The Bertz CT molecular complexity index is 649. The minimum atomic E-state index is -0.601. The number of rotatable bonds is 5. The molecule has 1 aromatic rings. The molecule has 0 bridgehead atoms. The van der Waals surface area contributed by atoms with Gasteiger partial charge in [-0.05, 0) is 51.8 Å². The van der Waals surface area contributed by atoms with Gasteiger partial charge in [0, 0.05) is 19.2 Å². The summed E-state index contributed by atoms with van der Waals surface area (Å²) in [5, 5.41) is 0.753. The Kier molecular flexibility index (Phi) is 7.02. The smallest absolute Gasteiger partial charge is 0.410 e. The van der Waals surface area contributed by atoms with Crippen LogP contribution in [0.1, 0.15) is 38.8 Å². The number of nitrogens with zero attached hydrogens (tertiary/aromatic N) is 1. The van der Waals surface area contributed by atoms with Crippen LogP contribution in [0.25, 0.3) is 0 Å². The highest BCUT2D eigenvalue weighted by Crippen LogP contribution is 2.45. The van der Waals surface area contributed by atoms with Gasteiger partial charge in [0.15, 0.2) is 6.79 Å². The van der Waals surface area contributed by atoms with E-state index in [0.717, 1.165) is 0 Å². The van der Waals surface area contributed by atoms with E-state index < -0.39 is 11.7 Å². The van der Waals surface area contributed by atoms with E-state index in [1.165, 1.54) is 7.11 Å². The fraction of sp³-hybridized carbons (Fsp3) is 0.611. The third kappa shape index (κ3) is 4.94. The summed E-state index contributed by atoms with van der Waals surface area (Å²) in [5.74, 6) is 0.662. The van der Waals surface area contributed by atoms with E-state index in [-0.39, 0.29) is 18.8 Å². The maximum absolute atomic E-state index is 12.7. The molecule has 2 atom stereocenters. The number of methoxy groups -OCH3 is 1. The number of hydrogen-bond donors (Lipinski definition) is 1. The van der Waals surface area contributed by atoms with Crippen LogP contribution in [0.4, 0.5) is 4.79 Å². The second kappa shape index (κ2) is 8.65. The molecule has 2 rings (SSSR count). The van der Waals surface area contributed by atoms with Crippen LogP contribution in [0, 0.1) is 5.92 Å². The van der Waals surface area contributed by atoms with Crippen molar-refractivity contribution < 1.29 is 19.0 Å². The van der Waals surface area contributed by atoms with E-state index >= 15 is 0 Å². The Balaban J connectivity index is 2.42. The molecule has 146 valence electrons. The van der Waals surface area contributed by atoms with Gasteiger partial charge in [-0.3, -0.25) is 0 Å². The quantitative estimate of drug-likeness (QED) is 0.742. The molecule has 1 aromatic carbocycles. The van der Waals surface area contributed by atoms with Gasteiger partial charge >= 0.3 is 6.09 Å². The summed E-state index contributed by atoms with van der Waals surface area (Å²) >= 11 is 12.7. The van der Waals surface area contributed by atoms with Crippen LogP contribution in [-0.4, -0.2) is 43.6 Å². The first-order valence-electron chi connectivity index (χ1n) is 8.47. The molecule has 8 heteroatoms. The lowest BCUT2D eigenvalue weighted by molar-refractivity contribution is 0.0211. The molecule has 6 nitrogen and oxygen atoms in total. The van der Waals surface area contributed by atoms with Crippen molar-refractivity contribution in [2.45, 2.75) is 38.8 Å². The van der Waals surface area contributed by atoms with Crippen LogP contribution in [-0.2, 0) is 9.47 Å². The zero-order chi connectivity index (χ0) is 19.5. The highest BCUT2D eigenvalue weighted by atomic mass is 35.5. The van der Waals surface area contributed by atoms with Gasteiger partial charge in [0.05, 0.1) is 16.1 Å². The highest BCUT2D eigenvalue weighted by Gasteiger charge is 2.40. The number of hydrogen-bond acceptors (Lipinski definition) is 5. The SMILES string of the molecule is COCOc1ccc(Cl)c(Cl)c1[C@H]1C[C@@H](CN)CN1C(=O)OC(C)(C)C.